The summed E-state index contributed by atoms with van der Waals surface area (Å²) in [6, 6.07) is 9.83. The van der Waals surface area contributed by atoms with Gasteiger partial charge in [0.05, 0.1) is 10.6 Å². The van der Waals surface area contributed by atoms with Gasteiger partial charge in [0.15, 0.2) is 5.11 Å². The minimum atomic E-state index is -0.206. The van der Waals surface area contributed by atoms with Gasteiger partial charge in [-0.1, -0.05) is 47.7 Å². The van der Waals surface area contributed by atoms with Gasteiger partial charge in [-0.2, -0.15) is 5.10 Å². The number of aryl methyl sites for hydroxylation is 1. The fourth-order valence-electron chi connectivity index (χ4n) is 1.85. The molecule has 2 aromatic rings. The van der Waals surface area contributed by atoms with Crippen LogP contribution in [0.25, 0.3) is 6.08 Å². The number of allylic oxidation sites excluding steroid dienone is 1. The lowest BCUT2D eigenvalue weighted by atomic mass is 10.1. The molecule has 2 rings (SSSR count). The standard InChI is InChI=1S/C16H18N6OS2/c1-10-14(25-16(18-10)22-19-11(2)23)13(20-21-15(17)24)9-8-12-6-4-3-5-7-12/h3-9H,1-2H3,(H,18,22)(H,19,23)(H3,17,21,24)/b9-8?,20-13+. The average Bonchev–Trinajstić information content (AvgIpc) is 2.94. The Morgan fingerprint density at radius 3 is 2.72 bits per heavy atom. The summed E-state index contributed by atoms with van der Waals surface area (Å²) < 4.78 is 0. The summed E-state index contributed by atoms with van der Waals surface area (Å²) in [6.45, 7) is 3.27. The number of nitrogens with two attached hydrogens (primary N) is 1. The van der Waals surface area contributed by atoms with Crippen molar-refractivity contribution in [3.05, 3.63) is 52.5 Å². The second-order valence-electron chi connectivity index (χ2n) is 4.96. The molecule has 0 fully saturated rings. The summed E-state index contributed by atoms with van der Waals surface area (Å²) in [5, 5.41) is 4.87. The lowest BCUT2D eigenvalue weighted by Gasteiger charge is -2.02. The van der Waals surface area contributed by atoms with E-state index in [1.807, 2.05) is 49.4 Å². The molecule has 0 aliphatic carbocycles. The molecule has 130 valence electrons. The van der Waals surface area contributed by atoms with Crippen LogP contribution in [0.5, 0.6) is 0 Å². The van der Waals surface area contributed by atoms with Crippen LogP contribution >= 0.6 is 23.6 Å². The van der Waals surface area contributed by atoms with Crippen molar-refractivity contribution in [1.29, 1.82) is 0 Å². The highest BCUT2D eigenvalue weighted by atomic mass is 32.1. The number of thiazole rings is 1. The molecule has 1 heterocycles. The van der Waals surface area contributed by atoms with Gasteiger partial charge in [-0.25, -0.2) is 4.98 Å². The lowest BCUT2D eigenvalue weighted by molar-refractivity contribution is -0.118. The second-order valence-corrected chi connectivity index (χ2v) is 6.40. The normalized spacial score (nSPS) is 11.4. The van der Waals surface area contributed by atoms with Crippen molar-refractivity contribution in [1.82, 2.24) is 15.8 Å². The summed E-state index contributed by atoms with van der Waals surface area (Å²) in [7, 11) is 0. The Balaban J connectivity index is 2.29. The molecule has 1 aromatic heterocycles. The quantitative estimate of drug-likeness (QED) is 0.351. The molecule has 0 saturated heterocycles. The van der Waals surface area contributed by atoms with Crippen LogP contribution in [0.2, 0.25) is 0 Å². The van der Waals surface area contributed by atoms with Gasteiger partial charge in [0.25, 0.3) is 0 Å². The number of hydrogen-bond acceptors (Lipinski definition) is 6. The van der Waals surface area contributed by atoms with Gasteiger partial charge in [-0.3, -0.25) is 21.1 Å². The number of anilines is 1. The van der Waals surface area contributed by atoms with Crippen molar-refractivity contribution in [3.63, 3.8) is 0 Å². The smallest absolute Gasteiger partial charge is 0.235 e. The van der Waals surface area contributed by atoms with Crippen LogP contribution in [0.3, 0.4) is 0 Å². The third-order valence-corrected chi connectivity index (χ3v) is 4.08. The van der Waals surface area contributed by atoms with Crippen LogP contribution in [-0.2, 0) is 4.79 Å². The van der Waals surface area contributed by atoms with Crippen LogP contribution < -0.4 is 22.0 Å². The molecular formula is C16H18N6OS2. The Labute approximate surface area is 155 Å². The molecule has 0 unspecified atom stereocenters. The van der Waals surface area contributed by atoms with E-state index in [1.54, 1.807) is 0 Å². The predicted molar refractivity (Wildman–Crippen MR) is 106 cm³/mol. The van der Waals surface area contributed by atoms with Crippen molar-refractivity contribution in [2.45, 2.75) is 13.8 Å². The van der Waals surface area contributed by atoms with Crippen molar-refractivity contribution >= 4 is 51.5 Å². The minimum absolute atomic E-state index is 0.0735. The van der Waals surface area contributed by atoms with Gasteiger partial charge >= 0.3 is 0 Å². The number of hydrazine groups is 1. The summed E-state index contributed by atoms with van der Waals surface area (Å²) >= 11 is 6.17. The highest BCUT2D eigenvalue weighted by Crippen LogP contribution is 2.23. The first-order valence-electron chi connectivity index (χ1n) is 7.32. The second kappa shape index (κ2) is 8.90. The summed E-state index contributed by atoms with van der Waals surface area (Å²) in [4.78, 5) is 16.2. The fraction of sp³-hybridized carbons (Fsp3) is 0.125. The number of rotatable bonds is 6. The maximum absolute atomic E-state index is 11.0. The molecule has 0 saturated carbocycles. The van der Waals surface area contributed by atoms with Crippen molar-refractivity contribution in [3.8, 4) is 0 Å². The highest BCUT2D eigenvalue weighted by molar-refractivity contribution is 7.80. The van der Waals surface area contributed by atoms with Crippen LogP contribution in [0.4, 0.5) is 5.13 Å². The number of carbonyl (C=O) groups is 1. The molecule has 0 radical (unpaired) electrons. The van der Waals surface area contributed by atoms with E-state index in [2.05, 4.69) is 26.4 Å². The molecular weight excluding hydrogens is 356 g/mol. The van der Waals surface area contributed by atoms with Gasteiger partial charge in [-0.15, -0.1) is 0 Å². The first-order chi connectivity index (χ1) is 12.0. The van der Waals surface area contributed by atoms with Crippen molar-refractivity contribution < 1.29 is 4.79 Å². The summed E-state index contributed by atoms with van der Waals surface area (Å²) in [5.41, 5.74) is 15.7. The van der Waals surface area contributed by atoms with E-state index in [0.717, 1.165) is 16.1 Å². The van der Waals surface area contributed by atoms with E-state index in [1.165, 1.54) is 18.3 Å². The Morgan fingerprint density at radius 1 is 1.36 bits per heavy atom. The number of aromatic nitrogens is 1. The number of nitrogens with zero attached hydrogens (tertiary/aromatic N) is 2. The number of nitrogens with one attached hydrogen (secondary N) is 3. The number of hydrazone groups is 1. The van der Waals surface area contributed by atoms with Crippen molar-refractivity contribution in [2.75, 3.05) is 5.43 Å². The first kappa shape index (κ1) is 18.6. The lowest BCUT2D eigenvalue weighted by Crippen LogP contribution is -2.26. The number of carbonyl (C=O) groups excluding carboxylic acids is 1. The molecule has 25 heavy (non-hydrogen) atoms. The molecule has 0 aliphatic rings. The molecule has 0 spiro atoms. The van der Waals surface area contributed by atoms with Gasteiger partial charge in [-0.05, 0) is 30.8 Å². The molecule has 1 aromatic carbocycles. The first-order valence-corrected chi connectivity index (χ1v) is 8.55. The van der Waals surface area contributed by atoms with Gasteiger partial charge in [0, 0.05) is 6.92 Å². The zero-order chi connectivity index (χ0) is 18.2. The molecule has 5 N–H and O–H groups in total. The Kier molecular flexibility index (Phi) is 6.61. The van der Waals surface area contributed by atoms with Crippen LogP contribution in [0.1, 0.15) is 23.1 Å². The van der Waals surface area contributed by atoms with Crippen molar-refractivity contribution in [2.24, 2.45) is 10.8 Å². The predicted octanol–water partition coefficient (Wildman–Crippen LogP) is 2.17. The summed E-state index contributed by atoms with van der Waals surface area (Å²) in [6.07, 6.45) is 3.78. The molecule has 7 nitrogen and oxygen atoms in total. The Hall–Kier alpha value is -2.78. The molecule has 0 aliphatic heterocycles. The maximum atomic E-state index is 11.0. The van der Waals surface area contributed by atoms with Gasteiger partial charge < -0.3 is 5.73 Å². The average molecular weight is 374 g/mol. The zero-order valence-electron chi connectivity index (χ0n) is 13.7. The molecule has 0 bridgehead atoms. The van der Waals surface area contributed by atoms with E-state index in [0.29, 0.717) is 10.8 Å². The summed E-state index contributed by atoms with van der Waals surface area (Å²) in [5.74, 6) is -0.206. The number of benzene rings is 1. The largest absolute Gasteiger partial charge is 0.375 e. The third-order valence-electron chi connectivity index (χ3n) is 2.89. The topological polar surface area (TPSA) is 104 Å². The highest BCUT2D eigenvalue weighted by Gasteiger charge is 2.12. The number of amides is 1. The van der Waals surface area contributed by atoms with E-state index in [4.69, 9.17) is 18.0 Å². The van der Waals surface area contributed by atoms with Crippen LogP contribution in [0, 0.1) is 6.92 Å². The SMILES string of the molecule is CC(=O)NNc1nc(C)c(/C(C=Cc2ccccc2)=N/NC(N)=S)s1. The van der Waals surface area contributed by atoms with E-state index < -0.39 is 0 Å². The third kappa shape index (κ3) is 5.98. The maximum Gasteiger partial charge on any atom is 0.235 e. The molecule has 0 atom stereocenters. The van der Waals surface area contributed by atoms with Crippen LogP contribution in [-0.4, -0.2) is 21.7 Å². The van der Waals surface area contributed by atoms with E-state index in [-0.39, 0.29) is 11.0 Å². The van der Waals surface area contributed by atoms with E-state index >= 15 is 0 Å². The zero-order valence-corrected chi connectivity index (χ0v) is 15.4. The van der Waals surface area contributed by atoms with Gasteiger partial charge in [0.1, 0.15) is 5.71 Å². The molecule has 9 heteroatoms. The fourth-order valence-corrected chi connectivity index (χ4v) is 2.78. The van der Waals surface area contributed by atoms with Gasteiger partial charge in [0.2, 0.25) is 11.0 Å². The monoisotopic (exact) mass is 374 g/mol. The number of thiocarbonyl (C=S) groups is 1. The van der Waals surface area contributed by atoms with Crippen LogP contribution in [0.15, 0.2) is 41.5 Å². The van der Waals surface area contributed by atoms with E-state index in [9.17, 15) is 4.79 Å². The Morgan fingerprint density at radius 2 is 2.08 bits per heavy atom. The minimum Gasteiger partial charge on any atom is -0.375 e. The Bertz CT molecular complexity index is 813. The number of hydrogen-bond donors (Lipinski definition) is 4. The molecule has 1 amide bonds.